The number of hydrogen-bond donors (Lipinski definition) is 1. The second-order valence-electron chi connectivity index (χ2n) is 2.72. The van der Waals surface area contributed by atoms with Gasteiger partial charge in [0.15, 0.2) is 0 Å². The van der Waals surface area contributed by atoms with Gasteiger partial charge < -0.3 is 9.08 Å². The third-order valence-electron chi connectivity index (χ3n) is 1.64. The van der Waals surface area contributed by atoms with Gasteiger partial charge in [-0.15, -0.1) is 0 Å². The second-order valence-corrected chi connectivity index (χ2v) is 3.12. The average Bonchev–Trinajstić information content (AvgIpc) is 2.25. The molecule has 1 N–H and O–H groups in total. The second kappa shape index (κ2) is 5.50. The average molecular weight is 274 g/mol. The van der Waals surface area contributed by atoms with Crippen molar-refractivity contribution < 1.29 is 13.9 Å². The molecule has 0 saturated carbocycles. The van der Waals surface area contributed by atoms with Crippen molar-refractivity contribution in [2.24, 2.45) is 0 Å². The summed E-state index contributed by atoms with van der Waals surface area (Å²) in [6.07, 6.45) is 2.70. The lowest BCUT2D eigenvalue weighted by molar-refractivity contribution is -0.134. The van der Waals surface area contributed by atoms with Crippen LogP contribution in [-0.2, 0) is 9.53 Å². The van der Waals surface area contributed by atoms with Gasteiger partial charge in [0.2, 0.25) is 0 Å². The largest absolute Gasteiger partial charge is 0.466 e. The predicted octanol–water partition coefficient (Wildman–Crippen LogP) is 2.73. The summed E-state index contributed by atoms with van der Waals surface area (Å²) in [6, 6.07) is 4.31. The van der Waals surface area contributed by atoms with Gasteiger partial charge in [-0.25, -0.2) is 9.18 Å². The van der Waals surface area contributed by atoms with Gasteiger partial charge in [-0.2, -0.15) is 0 Å². The van der Waals surface area contributed by atoms with Crippen LogP contribution in [-0.4, -0.2) is 13.1 Å². The number of benzene rings is 1. The van der Waals surface area contributed by atoms with Gasteiger partial charge in [-0.3, -0.25) is 0 Å². The van der Waals surface area contributed by atoms with E-state index in [1.54, 1.807) is 6.07 Å². The number of nitrogens with one attached hydrogen (secondary N) is 1. The molecule has 0 spiro atoms. The topological polar surface area (TPSA) is 38.3 Å². The van der Waals surface area contributed by atoms with E-state index in [0.29, 0.717) is 11.3 Å². The molecule has 3 nitrogen and oxygen atoms in total. The number of rotatable bonds is 3. The van der Waals surface area contributed by atoms with Crippen LogP contribution < -0.4 is 4.34 Å². The number of carbonyl (C=O) groups excluding carboxylic acids is 1. The zero-order valence-electron chi connectivity index (χ0n) is 7.96. The Kier molecular flexibility index (Phi) is 4.30. The van der Waals surface area contributed by atoms with Crippen LogP contribution >= 0.6 is 16.1 Å². The van der Waals surface area contributed by atoms with Crippen LogP contribution in [0, 0.1) is 5.82 Å². The zero-order chi connectivity index (χ0) is 11.3. The fourth-order valence-corrected chi connectivity index (χ4v) is 1.22. The maximum Gasteiger partial charge on any atom is 0.330 e. The van der Waals surface area contributed by atoms with Crippen LogP contribution in [0.3, 0.4) is 0 Å². The Hall–Kier alpha value is -1.36. The molecule has 5 heteroatoms. The minimum atomic E-state index is -0.479. The molecule has 0 atom stereocenters. The molecule has 0 aliphatic heterocycles. The molecule has 0 aliphatic rings. The van der Waals surface area contributed by atoms with E-state index >= 15 is 0 Å². The number of esters is 1. The van der Waals surface area contributed by atoms with Crippen LogP contribution in [0.15, 0.2) is 24.3 Å². The van der Waals surface area contributed by atoms with E-state index in [0.717, 1.165) is 0 Å². The van der Waals surface area contributed by atoms with Crippen LogP contribution in [0.2, 0.25) is 0 Å². The summed E-state index contributed by atoms with van der Waals surface area (Å²) in [5.74, 6) is -0.864. The summed E-state index contributed by atoms with van der Waals surface area (Å²) >= 11 is 2.99. The molecule has 1 aromatic rings. The standard InChI is InChI=1S/C10H9BrFNO2/c1-15-10(14)3-2-7-4-8(12)6-9(5-7)13-11/h2-6,13H,1H3/b3-2+. The summed E-state index contributed by atoms with van der Waals surface area (Å²) in [5, 5.41) is 0. The Morgan fingerprint density at radius 1 is 1.53 bits per heavy atom. The number of halogens is 2. The molecule has 0 unspecified atom stereocenters. The summed E-state index contributed by atoms with van der Waals surface area (Å²) < 4.78 is 20.1. The molecule has 0 fully saturated rings. The highest BCUT2D eigenvalue weighted by Gasteiger charge is 1.98. The molecule has 15 heavy (non-hydrogen) atoms. The highest BCUT2D eigenvalue weighted by atomic mass is 79.9. The summed E-state index contributed by atoms with van der Waals surface area (Å²) in [6.45, 7) is 0. The molecule has 0 saturated heterocycles. The first-order chi connectivity index (χ1) is 7.15. The lowest BCUT2D eigenvalue weighted by atomic mass is 10.2. The molecule has 80 valence electrons. The normalized spacial score (nSPS) is 10.3. The van der Waals surface area contributed by atoms with E-state index in [-0.39, 0.29) is 5.82 Å². The van der Waals surface area contributed by atoms with Crippen molar-refractivity contribution in [3.8, 4) is 0 Å². The van der Waals surface area contributed by atoms with Crippen LogP contribution in [0.25, 0.3) is 6.08 Å². The van der Waals surface area contributed by atoms with Gasteiger partial charge in [0.1, 0.15) is 5.82 Å². The predicted molar refractivity (Wildman–Crippen MR) is 60.0 cm³/mol. The number of anilines is 1. The van der Waals surface area contributed by atoms with Crippen molar-refractivity contribution >= 4 is 33.9 Å². The Morgan fingerprint density at radius 2 is 2.27 bits per heavy atom. The number of ether oxygens (including phenoxy) is 1. The van der Waals surface area contributed by atoms with Gasteiger partial charge >= 0.3 is 5.97 Å². The minimum Gasteiger partial charge on any atom is -0.466 e. The Bertz CT molecular complexity index is 393. The molecule has 1 aromatic carbocycles. The fraction of sp³-hybridized carbons (Fsp3) is 0.100. The fourth-order valence-electron chi connectivity index (χ4n) is 0.995. The lowest BCUT2D eigenvalue weighted by Crippen LogP contribution is -1.93. The Balaban J connectivity index is 2.90. The van der Waals surface area contributed by atoms with E-state index in [9.17, 15) is 9.18 Å². The number of hydrogen-bond acceptors (Lipinski definition) is 3. The third kappa shape index (κ3) is 3.71. The monoisotopic (exact) mass is 273 g/mol. The van der Waals surface area contributed by atoms with Crippen LogP contribution in [0.5, 0.6) is 0 Å². The Morgan fingerprint density at radius 3 is 2.87 bits per heavy atom. The highest BCUT2D eigenvalue weighted by molar-refractivity contribution is 9.10. The van der Waals surface area contributed by atoms with Crippen molar-refractivity contribution in [3.63, 3.8) is 0 Å². The van der Waals surface area contributed by atoms with Gasteiger partial charge in [-0.05, 0) is 29.8 Å². The van der Waals surface area contributed by atoms with E-state index in [1.165, 1.54) is 31.4 Å². The smallest absolute Gasteiger partial charge is 0.330 e. The van der Waals surface area contributed by atoms with Crippen molar-refractivity contribution in [2.45, 2.75) is 0 Å². The maximum atomic E-state index is 13.0. The van der Waals surface area contributed by atoms with Gasteiger partial charge in [0.05, 0.1) is 7.11 Å². The first kappa shape index (κ1) is 11.7. The zero-order valence-corrected chi connectivity index (χ0v) is 9.55. The summed E-state index contributed by atoms with van der Waals surface area (Å²) in [7, 11) is 1.28. The molecule has 0 heterocycles. The van der Waals surface area contributed by atoms with Gasteiger partial charge in [0.25, 0.3) is 0 Å². The number of carbonyl (C=O) groups is 1. The van der Waals surface area contributed by atoms with Crippen molar-refractivity contribution in [3.05, 3.63) is 35.7 Å². The molecule has 0 amide bonds. The minimum absolute atomic E-state index is 0.385. The molecule has 1 rings (SSSR count). The van der Waals surface area contributed by atoms with E-state index < -0.39 is 5.97 Å². The molecule has 0 bridgehead atoms. The van der Waals surface area contributed by atoms with E-state index in [2.05, 4.69) is 25.2 Å². The van der Waals surface area contributed by atoms with E-state index in [1.807, 2.05) is 0 Å². The van der Waals surface area contributed by atoms with Crippen LogP contribution in [0.1, 0.15) is 5.56 Å². The first-order valence-electron chi connectivity index (χ1n) is 4.09. The third-order valence-corrected chi connectivity index (χ3v) is 2.10. The molecular weight excluding hydrogens is 265 g/mol. The Labute approximate surface area is 95.3 Å². The molecule has 0 radical (unpaired) electrons. The van der Waals surface area contributed by atoms with Gasteiger partial charge in [-0.1, -0.05) is 0 Å². The van der Waals surface area contributed by atoms with Crippen molar-refractivity contribution in [2.75, 3.05) is 11.5 Å². The summed E-state index contributed by atoms with van der Waals surface area (Å²) in [5.41, 5.74) is 1.14. The quantitative estimate of drug-likeness (QED) is 0.523. The van der Waals surface area contributed by atoms with Crippen molar-refractivity contribution in [1.82, 2.24) is 0 Å². The van der Waals surface area contributed by atoms with Crippen molar-refractivity contribution in [1.29, 1.82) is 0 Å². The highest BCUT2D eigenvalue weighted by Crippen LogP contribution is 2.16. The molecule has 0 aliphatic carbocycles. The summed E-state index contributed by atoms with van der Waals surface area (Å²) in [4.78, 5) is 10.8. The van der Waals surface area contributed by atoms with E-state index in [4.69, 9.17) is 0 Å². The molecule has 0 aromatic heterocycles. The van der Waals surface area contributed by atoms with Gasteiger partial charge in [0, 0.05) is 27.9 Å². The lowest BCUT2D eigenvalue weighted by Gasteiger charge is -2.00. The maximum absolute atomic E-state index is 13.0. The first-order valence-corrected chi connectivity index (χ1v) is 4.88. The SMILES string of the molecule is COC(=O)/C=C/c1cc(F)cc(NBr)c1. The number of methoxy groups -OCH3 is 1. The van der Waals surface area contributed by atoms with Crippen LogP contribution in [0.4, 0.5) is 10.1 Å². The molecular formula is C10H9BrFNO2.